The first kappa shape index (κ1) is 16.5. The lowest BCUT2D eigenvalue weighted by molar-refractivity contribution is -0.385. The SMILES string of the molecule is NS(=O)(=O)c1ccc(Oc2ccc(Cl)c(Cl)c2)c([N+](=O)[O-])c1. The number of primary sulfonamides is 1. The molecule has 7 nitrogen and oxygen atoms in total. The van der Waals surface area contributed by atoms with Crippen molar-refractivity contribution < 1.29 is 18.1 Å². The van der Waals surface area contributed by atoms with Gasteiger partial charge in [0.25, 0.3) is 0 Å². The first-order valence-corrected chi connectivity index (χ1v) is 7.93. The van der Waals surface area contributed by atoms with Crippen molar-refractivity contribution in [2.45, 2.75) is 4.90 Å². The van der Waals surface area contributed by atoms with Gasteiger partial charge >= 0.3 is 5.69 Å². The smallest absolute Gasteiger partial charge is 0.312 e. The summed E-state index contributed by atoms with van der Waals surface area (Å²) in [6, 6.07) is 7.37. The number of nitro groups is 1. The third-order valence-electron chi connectivity index (χ3n) is 2.57. The highest BCUT2D eigenvalue weighted by Crippen LogP contribution is 2.35. The summed E-state index contributed by atoms with van der Waals surface area (Å²) in [5.41, 5.74) is -0.544. The van der Waals surface area contributed by atoms with E-state index in [1.807, 2.05) is 0 Å². The van der Waals surface area contributed by atoms with Crippen LogP contribution in [0.5, 0.6) is 11.5 Å². The van der Waals surface area contributed by atoms with E-state index in [4.69, 9.17) is 33.1 Å². The molecule has 0 radical (unpaired) electrons. The van der Waals surface area contributed by atoms with E-state index in [0.29, 0.717) is 5.02 Å². The number of hydrogen-bond donors (Lipinski definition) is 1. The van der Waals surface area contributed by atoms with Crippen LogP contribution in [0.15, 0.2) is 41.3 Å². The second kappa shape index (κ2) is 6.09. The van der Waals surface area contributed by atoms with Crippen molar-refractivity contribution in [1.82, 2.24) is 0 Å². The lowest BCUT2D eigenvalue weighted by Crippen LogP contribution is -2.12. The minimum atomic E-state index is -4.06. The maximum Gasteiger partial charge on any atom is 0.312 e. The van der Waals surface area contributed by atoms with Crippen LogP contribution in [0.25, 0.3) is 0 Å². The summed E-state index contributed by atoms with van der Waals surface area (Å²) in [6.07, 6.45) is 0. The van der Waals surface area contributed by atoms with E-state index in [0.717, 1.165) is 18.2 Å². The molecular formula is C12H8Cl2N2O5S. The van der Waals surface area contributed by atoms with Crippen LogP contribution in [-0.4, -0.2) is 13.3 Å². The molecule has 0 fully saturated rings. The normalized spacial score (nSPS) is 11.2. The van der Waals surface area contributed by atoms with E-state index in [1.54, 1.807) is 0 Å². The summed E-state index contributed by atoms with van der Waals surface area (Å²) in [7, 11) is -4.06. The largest absolute Gasteiger partial charge is 0.450 e. The molecule has 10 heteroatoms. The molecule has 0 bridgehead atoms. The fourth-order valence-corrected chi connectivity index (χ4v) is 2.39. The van der Waals surface area contributed by atoms with E-state index >= 15 is 0 Å². The Morgan fingerprint density at radius 1 is 1.09 bits per heavy atom. The zero-order valence-electron chi connectivity index (χ0n) is 10.7. The summed E-state index contributed by atoms with van der Waals surface area (Å²) >= 11 is 11.6. The van der Waals surface area contributed by atoms with Gasteiger partial charge in [0.05, 0.1) is 19.9 Å². The molecule has 116 valence electrons. The van der Waals surface area contributed by atoms with Crippen molar-refractivity contribution in [2.24, 2.45) is 5.14 Å². The molecule has 2 rings (SSSR count). The predicted molar refractivity (Wildman–Crippen MR) is 81.0 cm³/mol. The van der Waals surface area contributed by atoms with Gasteiger partial charge in [0.1, 0.15) is 5.75 Å². The van der Waals surface area contributed by atoms with Gasteiger partial charge in [-0.15, -0.1) is 0 Å². The highest BCUT2D eigenvalue weighted by molar-refractivity contribution is 7.89. The minimum Gasteiger partial charge on any atom is -0.450 e. The van der Waals surface area contributed by atoms with Crippen molar-refractivity contribution in [3.05, 3.63) is 56.6 Å². The minimum absolute atomic E-state index is 0.157. The van der Waals surface area contributed by atoms with Gasteiger partial charge in [-0.05, 0) is 24.3 Å². The van der Waals surface area contributed by atoms with Gasteiger partial charge in [-0.2, -0.15) is 0 Å². The molecule has 22 heavy (non-hydrogen) atoms. The van der Waals surface area contributed by atoms with Crippen molar-refractivity contribution in [1.29, 1.82) is 0 Å². The van der Waals surface area contributed by atoms with E-state index in [9.17, 15) is 18.5 Å². The zero-order chi connectivity index (χ0) is 16.5. The fraction of sp³-hybridized carbons (Fsp3) is 0. The van der Waals surface area contributed by atoms with Gasteiger partial charge < -0.3 is 4.74 Å². The molecule has 0 aliphatic heterocycles. The van der Waals surface area contributed by atoms with Crippen LogP contribution >= 0.6 is 23.2 Å². The van der Waals surface area contributed by atoms with E-state index in [2.05, 4.69) is 0 Å². The van der Waals surface area contributed by atoms with E-state index in [1.165, 1.54) is 18.2 Å². The molecule has 2 N–H and O–H groups in total. The maximum absolute atomic E-state index is 11.2. The highest BCUT2D eigenvalue weighted by Gasteiger charge is 2.20. The molecule has 0 saturated heterocycles. The Morgan fingerprint density at radius 2 is 1.77 bits per heavy atom. The third kappa shape index (κ3) is 3.66. The molecule has 0 aliphatic rings. The van der Waals surface area contributed by atoms with Gasteiger partial charge in [-0.3, -0.25) is 10.1 Å². The molecule has 0 aromatic heterocycles. The molecule has 2 aromatic rings. The van der Waals surface area contributed by atoms with Crippen molar-refractivity contribution >= 4 is 38.9 Å². The number of nitrogens with two attached hydrogens (primary N) is 1. The van der Waals surface area contributed by atoms with Gasteiger partial charge in [-0.25, -0.2) is 13.6 Å². The van der Waals surface area contributed by atoms with Crippen LogP contribution < -0.4 is 9.88 Å². The van der Waals surface area contributed by atoms with Gasteiger partial charge in [0.15, 0.2) is 0 Å². The molecule has 0 amide bonds. The van der Waals surface area contributed by atoms with Crippen LogP contribution in [0.1, 0.15) is 0 Å². The standard InChI is InChI=1S/C12H8Cl2N2O5S/c13-9-3-1-7(5-10(9)14)21-12-4-2-8(22(15,19)20)6-11(12)16(17)18/h1-6H,(H2,15,19,20). The maximum atomic E-state index is 11.2. The zero-order valence-corrected chi connectivity index (χ0v) is 13.0. The van der Waals surface area contributed by atoms with Gasteiger partial charge in [0.2, 0.25) is 15.8 Å². The van der Waals surface area contributed by atoms with E-state index < -0.39 is 20.6 Å². The topological polar surface area (TPSA) is 113 Å². The number of rotatable bonds is 4. The molecule has 0 saturated carbocycles. The lowest BCUT2D eigenvalue weighted by atomic mass is 10.3. The second-order valence-electron chi connectivity index (χ2n) is 4.11. The average Bonchev–Trinajstić information content (AvgIpc) is 2.42. The number of nitro benzene ring substituents is 1. The monoisotopic (exact) mass is 362 g/mol. The molecule has 0 heterocycles. The van der Waals surface area contributed by atoms with Crippen LogP contribution in [0.2, 0.25) is 10.0 Å². The molecule has 0 aliphatic carbocycles. The van der Waals surface area contributed by atoms with Crippen LogP contribution in [0.3, 0.4) is 0 Å². The highest BCUT2D eigenvalue weighted by atomic mass is 35.5. The summed E-state index contributed by atoms with van der Waals surface area (Å²) in [5, 5.41) is 16.5. The first-order chi connectivity index (χ1) is 10.2. The van der Waals surface area contributed by atoms with Gasteiger partial charge in [-0.1, -0.05) is 23.2 Å². The van der Waals surface area contributed by atoms with Crippen molar-refractivity contribution in [3.63, 3.8) is 0 Å². The summed E-state index contributed by atoms with van der Waals surface area (Å²) in [5.74, 6) is 0.0524. The fourth-order valence-electron chi connectivity index (χ4n) is 1.57. The number of benzene rings is 2. The molecule has 0 unspecified atom stereocenters. The van der Waals surface area contributed by atoms with Crippen LogP contribution in [-0.2, 0) is 10.0 Å². The summed E-state index contributed by atoms with van der Waals surface area (Å²) in [4.78, 5) is 9.89. The Balaban J connectivity index is 2.46. The van der Waals surface area contributed by atoms with E-state index in [-0.39, 0.29) is 21.4 Å². The lowest BCUT2D eigenvalue weighted by Gasteiger charge is -2.08. The first-order valence-electron chi connectivity index (χ1n) is 5.62. The Bertz CT molecular complexity index is 855. The summed E-state index contributed by atoms with van der Waals surface area (Å²) in [6.45, 7) is 0. The quantitative estimate of drug-likeness (QED) is 0.661. The second-order valence-corrected chi connectivity index (χ2v) is 6.49. The number of hydrogen-bond acceptors (Lipinski definition) is 5. The third-order valence-corrected chi connectivity index (χ3v) is 4.22. The molecule has 0 spiro atoms. The Kier molecular flexibility index (Phi) is 4.57. The summed E-state index contributed by atoms with van der Waals surface area (Å²) < 4.78 is 27.8. The van der Waals surface area contributed by atoms with Crippen LogP contribution in [0, 0.1) is 10.1 Å². The Morgan fingerprint density at radius 3 is 2.32 bits per heavy atom. The van der Waals surface area contributed by atoms with Crippen molar-refractivity contribution in [3.8, 4) is 11.5 Å². The average molecular weight is 363 g/mol. The molecular weight excluding hydrogens is 355 g/mol. The molecule has 2 aromatic carbocycles. The number of ether oxygens (including phenoxy) is 1. The van der Waals surface area contributed by atoms with Gasteiger partial charge in [0, 0.05) is 12.1 Å². The number of halogens is 2. The Labute approximate surface area is 135 Å². The number of nitrogens with zero attached hydrogens (tertiary/aromatic N) is 1. The number of sulfonamides is 1. The molecule has 0 atom stereocenters. The van der Waals surface area contributed by atoms with Crippen molar-refractivity contribution in [2.75, 3.05) is 0 Å². The van der Waals surface area contributed by atoms with Crippen LogP contribution in [0.4, 0.5) is 5.69 Å². The predicted octanol–water partition coefficient (Wildman–Crippen LogP) is 3.34. The Hall–Kier alpha value is -1.87.